The molecule has 0 spiro atoms. The van der Waals surface area contributed by atoms with Gasteiger partial charge < -0.3 is 0 Å². The third kappa shape index (κ3) is 2.98. The van der Waals surface area contributed by atoms with Crippen LogP contribution in [0.3, 0.4) is 0 Å². The molecule has 0 saturated carbocycles. The highest BCUT2D eigenvalue weighted by Gasteiger charge is 2.26. The summed E-state index contributed by atoms with van der Waals surface area (Å²) in [7, 11) is 0. The summed E-state index contributed by atoms with van der Waals surface area (Å²) >= 11 is 0. The van der Waals surface area contributed by atoms with Crippen molar-refractivity contribution in [3.8, 4) is 6.07 Å². The maximum atomic E-state index is 13.0. The van der Waals surface area contributed by atoms with Gasteiger partial charge in [0.1, 0.15) is 5.82 Å². The van der Waals surface area contributed by atoms with Crippen LogP contribution >= 0.6 is 0 Å². The highest BCUT2D eigenvalue weighted by atomic mass is 19.1. The fraction of sp³-hybridized carbons (Fsp3) is 0.278. The smallest absolute Gasteiger partial charge is 0.187 e. The summed E-state index contributed by atoms with van der Waals surface area (Å²) < 4.78 is 14.8. The summed E-state index contributed by atoms with van der Waals surface area (Å²) in [6.07, 6.45) is 2.64. The van der Waals surface area contributed by atoms with E-state index in [-0.39, 0.29) is 11.7 Å². The molecule has 126 valence electrons. The largest absolute Gasteiger partial charge is 0.292 e. The molecule has 0 radical (unpaired) electrons. The van der Waals surface area contributed by atoms with E-state index < -0.39 is 17.5 Å². The van der Waals surface area contributed by atoms with Crippen molar-refractivity contribution < 1.29 is 9.18 Å². The molecule has 0 aromatic carbocycles. The van der Waals surface area contributed by atoms with Crippen LogP contribution < -0.4 is 0 Å². The Kier molecular flexibility index (Phi) is 4.28. The third-order valence-electron chi connectivity index (χ3n) is 3.95. The summed E-state index contributed by atoms with van der Waals surface area (Å²) in [5, 5.41) is 14.4. The van der Waals surface area contributed by atoms with Gasteiger partial charge in [-0.1, -0.05) is 0 Å². The Bertz CT molecular complexity index is 985. The Labute approximate surface area is 143 Å². The van der Waals surface area contributed by atoms with Crippen molar-refractivity contribution in [1.29, 1.82) is 5.26 Å². The lowest BCUT2D eigenvalue weighted by molar-refractivity contribution is 0.0976. The Balaban J connectivity index is 2.05. The van der Waals surface area contributed by atoms with E-state index in [0.717, 1.165) is 11.6 Å². The molecule has 3 heterocycles. The molecule has 1 unspecified atom stereocenters. The zero-order valence-corrected chi connectivity index (χ0v) is 14.1. The number of pyridine rings is 2. The van der Waals surface area contributed by atoms with Crippen LogP contribution in [0.5, 0.6) is 0 Å². The van der Waals surface area contributed by atoms with Gasteiger partial charge in [0.05, 0.1) is 29.9 Å². The van der Waals surface area contributed by atoms with Gasteiger partial charge in [-0.05, 0) is 39.0 Å². The summed E-state index contributed by atoms with van der Waals surface area (Å²) in [5.41, 5.74) is 1.76. The van der Waals surface area contributed by atoms with Gasteiger partial charge in [0.25, 0.3) is 0 Å². The second-order valence-electron chi connectivity index (χ2n) is 6.04. The number of hydrogen-bond acceptors (Lipinski definition) is 5. The van der Waals surface area contributed by atoms with E-state index in [4.69, 9.17) is 0 Å². The van der Waals surface area contributed by atoms with E-state index in [0.29, 0.717) is 16.9 Å². The maximum absolute atomic E-state index is 13.0. The van der Waals surface area contributed by atoms with Crippen molar-refractivity contribution in [2.24, 2.45) is 0 Å². The van der Waals surface area contributed by atoms with Crippen LogP contribution in [0.1, 0.15) is 47.6 Å². The van der Waals surface area contributed by atoms with E-state index in [1.54, 1.807) is 23.9 Å². The molecule has 0 fully saturated rings. The molecule has 6 nitrogen and oxygen atoms in total. The quantitative estimate of drug-likeness (QED) is 0.682. The number of carbonyl (C=O) groups is 1. The van der Waals surface area contributed by atoms with Crippen molar-refractivity contribution in [2.75, 3.05) is 0 Å². The van der Waals surface area contributed by atoms with Gasteiger partial charge >= 0.3 is 0 Å². The highest BCUT2D eigenvalue weighted by Crippen LogP contribution is 2.24. The average Bonchev–Trinajstić information content (AvgIpc) is 2.99. The number of carbonyl (C=O) groups excluding carboxylic acids is 1. The minimum Gasteiger partial charge on any atom is -0.292 e. The van der Waals surface area contributed by atoms with Crippen LogP contribution in [0.25, 0.3) is 11.0 Å². The van der Waals surface area contributed by atoms with E-state index >= 15 is 0 Å². The molecule has 0 aliphatic heterocycles. The van der Waals surface area contributed by atoms with Crippen molar-refractivity contribution in [1.82, 2.24) is 19.7 Å². The SMILES string of the molecule is Cc1nc2c(cnn2C(C)C)cc1C(=O)C(C#N)c1ccc(F)cn1. The van der Waals surface area contributed by atoms with Gasteiger partial charge in [0.15, 0.2) is 17.3 Å². The first kappa shape index (κ1) is 16.7. The molecule has 3 rings (SSSR count). The van der Waals surface area contributed by atoms with Crippen LogP contribution in [0.2, 0.25) is 0 Å². The van der Waals surface area contributed by atoms with E-state index in [9.17, 15) is 14.4 Å². The predicted molar refractivity (Wildman–Crippen MR) is 89.5 cm³/mol. The maximum Gasteiger partial charge on any atom is 0.187 e. The van der Waals surface area contributed by atoms with Crippen LogP contribution in [-0.4, -0.2) is 25.5 Å². The standard InChI is InChI=1S/C18H16FN5O/c1-10(2)24-18-12(8-22-24)6-14(11(3)23-18)17(25)15(7-20)16-5-4-13(19)9-21-16/h4-6,8-10,15H,1-3H3. The Morgan fingerprint density at radius 3 is 2.68 bits per heavy atom. The molecule has 0 bridgehead atoms. The van der Waals surface area contributed by atoms with Gasteiger partial charge in [0.2, 0.25) is 0 Å². The first-order chi connectivity index (χ1) is 11.9. The zero-order valence-electron chi connectivity index (χ0n) is 14.1. The number of fused-ring (bicyclic) bond motifs is 1. The highest BCUT2D eigenvalue weighted by molar-refractivity contribution is 6.05. The van der Waals surface area contributed by atoms with Gasteiger partial charge in [0, 0.05) is 17.0 Å². The molecular formula is C18H16FN5O. The van der Waals surface area contributed by atoms with Crippen LogP contribution in [-0.2, 0) is 0 Å². The fourth-order valence-corrected chi connectivity index (χ4v) is 2.67. The molecule has 3 aromatic heterocycles. The number of aryl methyl sites for hydroxylation is 1. The van der Waals surface area contributed by atoms with E-state index in [2.05, 4.69) is 15.1 Å². The molecule has 3 aromatic rings. The average molecular weight is 337 g/mol. The zero-order chi connectivity index (χ0) is 18.1. The number of hydrogen-bond donors (Lipinski definition) is 0. The van der Waals surface area contributed by atoms with Gasteiger partial charge in [-0.3, -0.25) is 9.78 Å². The van der Waals surface area contributed by atoms with Crippen LogP contribution in [0, 0.1) is 24.1 Å². The Morgan fingerprint density at radius 2 is 2.08 bits per heavy atom. The first-order valence-electron chi connectivity index (χ1n) is 7.82. The molecule has 0 aliphatic carbocycles. The minimum absolute atomic E-state index is 0.140. The van der Waals surface area contributed by atoms with E-state index in [1.165, 1.54) is 12.1 Å². The lowest BCUT2D eigenvalue weighted by Gasteiger charge is -2.11. The minimum atomic E-state index is -1.11. The predicted octanol–water partition coefficient (Wildman–Crippen LogP) is 3.34. The monoisotopic (exact) mass is 337 g/mol. The summed E-state index contributed by atoms with van der Waals surface area (Å²) in [6, 6.07) is 6.31. The van der Waals surface area contributed by atoms with Crippen molar-refractivity contribution in [2.45, 2.75) is 32.7 Å². The third-order valence-corrected chi connectivity index (χ3v) is 3.95. The number of nitrogens with zero attached hydrogens (tertiary/aromatic N) is 5. The van der Waals surface area contributed by atoms with E-state index in [1.807, 2.05) is 19.9 Å². The molecule has 0 amide bonds. The Hall–Kier alpha value is -3.14. The van der Waals surface area contributed by atoms with Crippen molar-refractivity contribution in [3.05, 3.63) is 53.4 Å². The fourth-order valence-electron chi connectivity index (χ4n) is 2.67. The molecule has 7 heteroatoms. The summed E-state index contributed by atoms with van der Waals surface area (Å²) in [4.78, 5) is 21.2. The summed E-state index contributed by atoms with van der Waals surface area (Å²) in [5.74, 6) is -2.04. The lowest BCUT2D eigenvalue weighted by atomic mass is 9.94. The van der Waals surface area contributed by atoms with Crippen molar-refractivity contribution >= 4 is 16.8 Å². The number of Topliss-reactive ketones (excluding diaryl/α,β-unsaturated/α-hetero) is 1. The number of halogens is 1. The Morgan fingerprint density at radius 1 is 1.32 bits per heavy atom. The van der Waals surface area contributed by atoms with Gasteiger partial charge in [-0.2, -0.15) is 10.4 Å². The normalized spacial score (nSPS) is 12.3. The molecule has 0 N–H and O–H groups in total. The lowest BCUT2D eigenvalue weighted by Crippen LogP contribution is -2.15. The number of aromatic nitrogens is 4. The van der Waals surface area contributed by atoms with Gasteiger partial charge in [-0.25, -0.2) is 14.1 Å². The van der Waals surface area contributed by atoms with Crippen LogP contribution in [0.15, 0.2) is 30.6 Å². The molecule has 25 heavy (non-hydrogen) atoms. The molecule has 0 saturated heterocycles. The second-order valence-corrected chi connectivity index (χ2v) is 6.04. The topological polar surface area (TPSA) is 84.5 Å². The molecular weight excluding hydrogens is 321 g/mol. The molecule has 0 aliphatic rings. The number of rotatable bonds is 4. The van der Waals surface area contributed by atoms with Crippen molar-refractivity contribution in [3.63, 3.8) is 0 Å². The van der Waals surface area contributed by atoms with Gasteiger partial charge in [-0.15, -0.1) is 0 Å². The first-order valence-corrected chi connectivity index (χ1v) is 7.82. The van der Waals surface area contributed by atoms with Crippen LogP contribution in [0.4, 0.5) is 4.39 Å². The second kappa shape index (κ2) is 6.40. The molecule has 1 atom stereocenters. The number of ketones is 1. The summed E-state index contributed by atoms with van der Waals surface area (Å²) in [6.45, 7) is 5.71. The number of nitriles is 1.